The number of nitro benzene ring substituents is 1. The van der Waals surface area contributed by atoms with E-state index in [1.807, 2.05) is 0 Å². The third-order valence-electron chi connectivity index (χ3n) is 4.85. The van der Waals surface area contributed by atoms with Gasteiger partial charge in [0.15, 0.2) is 0 Å². The lowest BCUT2D eigenvalue weighted by atomic mass is 9.69. The molecule has 4 unspecified atom stereocenters. The molecule has 2 heterocycles. The number of aliphatic carboxylic acids is 2. The van der Waals surface area contributed by atoms with Gasteiger partial charge in [-0.25, -0.2) is 4.98 Å². The number of carboxylic acids is 2. The maximum Gasteiger partial charge on any atom is 0.312 e. The van der Waals surface area contributed by atoms with E-state index in [0.717, 1.165) is 6.07 Å². The number of nitrogens with zero attached hydrogens (tertiary/aromatic N) is 4. The molecule has 1 aromatic heterocycles. The second kappa shape index (κ2) is 8.00. The number of carboxylic acid groups (broad SMARTS) is 2. The predicted octanol–water partition coefficient (Wildman–Crippen LogP) is 0.999. The number of nitro groups is 1. The Kier molecular flexibility index (Phi) is 5.48. The van der Waals surface area contributed by atoms with Gasteiger partial charge in [0, 0.05) is 36.2 Å². The van der Waals surface area contributed by atoms with Gasteiger partial charge >= 0.3 is 11.9 Å². The van der Waals surface area contributed by atoms with E-state index in [1.54, 1.807) is 10.8 Å². The molecule has 0 bridgehead atoms. The van der Waals surface area contributed by atoms with Crippen LogP contribution in [-0.2, 0) is 20.9 Å². The van der Waals surface area contributed by atoms with Gasteiger partial charge in [-0.2, -0.15) is 0 Å². The average molecular weight is 400 g/mol. The number of non-ortho nitro benzene ring substituents is 1. The molecule has 2 aromatic rings. The Morgan fingerprint density at radius 2 is 2.03 bits per heavy atom. The van der Waals surface area contributed by atoms with Crippen molar-refractivity contribution in [2.75, 3.05) is 0 Å². The van der Waals surface area contributed by atoms with Crippen LogP contribution in [0, 0.1) is 22.0 Å². The smallest absolute Gasteiger partial charge is 0.312 e. The third kappa shape index (κ3) is 3.88. The molecule has 1 aromatic carbocycles. The van der Waals surface area contributed by atoms with Gasteiger partial charge < -0.3 is 19.6 Å². The van der Waals surface area contributed by atoms with E-state index in [4.69, 9.17) is 0 Å². The zero-order chi connectivity index (χ0) is 21.1. The van der Waals surface area contributed by atoms with Crippen LogP contribution in [0.3, 0.4) is 0 Å². The number of carbonyl (C=O) groups is 3. The summed E-state index contributed by atoms with van der Waals surface area (Å²) in [4.78, 5) is 54.2. The Morgan fingerprint density at radius 1 is 1.28 bits per heavy atom. The summed E-state index contributed by atoms with van der Waals surface area (Å²) in [5, 5.41) is 30.8. The van der Waals surface area contributed by atoms with Crippen LogP contribution in [-0.4, -0.2) is 54.7 Å². The van der Waals surface area contributed by atoms with Crippen molar-refractivity contribution in [1.29, 1.82) is 0 Å². The summed E-state index contributed by atoms with van der Waals surface area (Å²) in [5.41, 5.74) is -0.0809. The number of benzene rings is 1. The minimum absolute atomic E-state index is 0.0148. The van der Waals surface area contributed by atoms with Gasteiger partial charge in [0.1, 0.15) is 18.2 Å². The second-order valence-electron chi connectivity index (χ2n) is 6.54. The number of aliphatic imine (C=N–C) groups is 1. The van der Waals surface area contributed by atoms with E-state index in [1.165, 1.54) is 30.7 Å². The molecule has 1 aliphatic rings. The molecule has 4 atom stereocenters. The Labute approximate surface area is 163 Å². The van der Waals surface area contributed by atoms with Crippen LogP contribution >= 0.6 is 0 Å². The van der Waals surface area contributed by atoms with E-state index in [-0.39, 0.29) is 23.5 Å². The largest absolute Gasteiger partial charge is 0.481 e. The topological polar surface area (TPSA) is 165 Å². The van der Waals surface area contributed by atoms with Crippen molar-refractivity contribution in [1.82, 2.24) is 9.55 Å². The first-order chi connectivity index (χ1) is 13.8. The Bertz CT molecular complexity index is 986. The summed E-state index contributed by atoms with van der Waals surface area (Å²) in [6.07, 6.45) is 4.84. The number of carbonyl (C=O) groups excluding carboxylic acids is 1. The molecule has 11 nitrogen and oxygen atoms in total. The van der Waals surface area contributed by atoms with E-state index in [0.29, 0.717) is 6.29 Å². The fraction of sp³-hybridized carbons (Fsp3) is 0.278. The lowest BCUT2D eigenvalue weighted by molar-refractivity contribution is -0.384. The summed E-state index contributed by atoms with van der Waals surface area (Å²) in [6, 6.07) is 3.80. The molecule has 2 N–H and O–H groups in total. The number of imidazole rings is 1. The van der Waals surface area contributed by atoms with Crippen molar-refractivity contribution in [2.24, 2.45) is 16.8 Å². The first-order valence-corrected chi connectivity index (χ1v) is 8.51. The van der Waals surface area contributed by atoms with Crippen molar-refractivity contribution in [3.63, 3.8) is 0 Å². The summed E-state index contributed by atoms with van der Waals surface area (Å²) < 4.78 is 1.54. The van der Waals surface area contributed by atoms with E-state index < -0.39 is 40.7 Å². The zero-order valence-corrected chi connectivity index (χ0v) is 14.9. The fourth-order valence-electron chi connectivity index (χ4n) is 3.64. The fourth-order valence-corrected chi connectivity index (χ4v) is 3.64. The lowest BCUT2D eigenvalue weighted by Crippen LogP contribution is -2.47. The summed E-state index contributed by atoms with van der Waals surface area (Å²) in [6.45, 7) is -0.0148. The molecule has 0 amide bonds. The molecular weight excluding hydrogens is 384 g/mol. The van der Waals surface area contributed by atoms with E-state index in [2.05, 4.69) is 9.98 Å². The van der Waals surface area contributed by atoms with Gasteiger partial charge in [-0.3, -0.25) is 24.7 Å². The normalized spacial score (nSPS) is 23.8. The maximum atomic E-state index is 12.1. The zero-order valence-electron chi connectivity index (χ0n) is 14.9. The van der Waals surface area contributed by atoms with Crippen LogP contribution in [0.1, 0.15) is 11.5 Å². The molecule has 0 fully saturated rings. The molecule has 0 radical (unpaired) electrons. The maximum absolute atomic E-state index is 12.1. The van der Waals surface area contributed by atoms with Crippen molar-refractivity contribution in [3.8, 4) is 0 Å². The minimum Gasteiger partial charge on any atom is -0.481 e. The molecular formula is C18H16N4O7. The minimum atomic E-state index is -1.48. The van der Waals surface area contributed by atoms with Crippen LogP contribution in [0.5, 0.6) is 0 Å². The first-order valence-electron chi connectivity index (χ1n) is 8.51. The van der Waals surface area contributed by atoms with Crippen LogP contribution < -0.4 is 0 Å². The van der Waals surface area contributed by atoms with Gasteiger partial charge in [0.25, 0.3) is 5.69 Å². The molecule has 150 valence electrons. The highest BCUT2D eigenvalue weighted by atomic mass is 16.6. The molecule has 0 saturated carbocycles. The van der Waals surface area contributed by atoms with Crippen LogP contribution in [0.15, 0.2) is 48.0 Å². The van der Waals surface area contributed by atoms with Gasteiger partial charge in [0.05, 0.1) is 23.7 Å². The molecule has 0 aliphatic carbocycles. The van der Waals surface area contributed by atoms with Gasteiger partial charge in [-0.15, -0.1) is 0 Å². The van der Waals surface area contributed by atoms with Gasteiger partial charge in [0.2, 0.25) is 0 Å². The highest BCUT2D eigenvalue weighted by Crippen LogP contribution is 2.41. The van der Waals surface area contributed by atoms with Gasteiger partial charge in [-0.05, 0) is 5.56 Å². The highest BCUT2D eigenvalue weighted by Gasteiger charge is 2.49. The second-order valence-corrected chi connectivity index (χ2v) is 6.54. The number of hydrogen-bond donors (Lipinski definition) is 2. The van der Waals surface area contributed by atoms with E-state index in [9.17, 15) is 34.7 Å². The molecule has 1 aliphatic heterocycles. The molecule has 11 heteroatoms. The number of aldehydes is 1. The molecule has 29 heavy (non-hydrogen) atoms. The molecule has 0 spiro atoms. The van der Waals surface area contributed by atoms with Crippen molar-refractivity contribution >= 4 is 29.6 Å². The van der Waals surface area contributed by atoms with Crippen LogP contribution in [0.4, 0.5) is 5.69 Å². The summed E-state index contributed by atoms with van der Waals surface area (Å²) >= 11 is 0. The van der Waals surface area contributed by atoms with Crippen molar-refractivity contribution in [3.05, 3.63) is 58.7 Å². The molecule has 3 rings (SSSR count). The monoisotopic (exact) mass is 400 g/mol. The Hall–Kier alpha value is -3.89. The SMILES string of the molecule is O=CC1N=C(Cn2ccnc2)C(C(=O)O)C(c2cccc([N+](=O)[O-])c2)C1C(=O)O. The van der Waals surface area contributed by atoms with Crippen molar-refractivity contribution in [2.45, 2.75) is 18.5 Å². The predicted molar refractivity (Wildman–Crippen MR) is 97.6 cm³/mol. The molecule has 0 saturated heterocycles. The van der Waals surface area contributed by atoms with Crippen LogP contribution in [0.25, 0.3) is 0 Å². The summed E-state index contributed by atoms with van der Waals surface area (Å²) in [7, 11) is 0. The van der Waals surface area contributed by atoms with Crippen LogP contribution in [0.2, 0.25) is 0 Å². The average Bonchev–Trinajstić information content (AvgIpc) is 3.19. The van der Waals surface area contributed by atoms with E-state index >= 15 is 0 Å². The third-order valence-corrected chi connectivity index (χ3v) is 4.85. The Morgan fingerprint density at radius 3 is 2.59 bits per heavy atom. The number of aromatic nitrogens is 2. The standard InChI is InChI=1S/C18H16N4O7/c23-8-13-16(18(26)27)14(10-2-1-3-11(6-10)22(28)29)15(17(24)25)12(20-13)7-21-5-4-19-9-21/h1-6,8-9,13-16H,7H2,(H,24,25)(H,26,27). The van der Waals surface area contributed by atoms with Crippen molar-refractivity contribution < 1.29 is 29.5 Å². The number of hydrogen-bond acceptors (Lipinski definition) is 7. The lowest BCUT2D eigenvalue weighted by Gasteiger charge is -2.36. The Balaban J connectivity index is 2.17. The number of rotatable bonds is 7. The first kappa shape index (κ1) is 19.9. The van der Waals surface area contributed by atoms with Gasteiger partial charge in [-0.1, -0.05) is 12.1 Å². The summed E-state index contributed by atoms with van der Waals surface area (Å²) in [5.74, 6) is -6.85. The quantitative estimate of drug-likeness (QED) is 0.394. The highest BCUT2D eigenvalue weighted by molar-refractivity contribution is 6.05.